The zero-order valence-corrected chi connectivity index (χ0v) is 11.3. The van der Waals surface area contributed by atoms with E-state index in [4.69, 9.17) is 15.2 Å². The first-order valence-corrected chi connectivity index (χ1v) is 6.24. The monoisotopic (exact) mass is 254 g/mol. The van der Waals surface area contributed by atoms with E-state index in [2.05, 4.69) is 22.2 Å². The second-order valence-corrected chi connectivity index (χ2v) is 4.14. The summed E-state index contributed by atoms with van der Waals surface area (Å²) in [5, 5.41) is 3.14. The van der Waals surface area contributed by atoms with Gasteiger partial charge >= 0.3 is 0 Å². The molecule has 0 amide bonds. The van der Waals surface area contributed by atoms with Crippen LogP contribution >= 0.6 is 0 Å². The molecule has 1 aromatic heterocycles. The molecule has 18 heavy (non-hydrogen) atoms. The van der Waals surface area contributed by atoms with E-state index in [1.807, 2.05) is 13.8 Å². The lowest BCUT2D eigenvalue weighted by Crippen LogP contribution is -2.13. The fraction of sp³-hybridized carbons (Fsp3) is 0.667. The maximum atomic E-state index is 5.61. The fourth-order valence-electron chi connectivity index (χ4n) is 1.29. The summed E-state index contributed by atoms with van der Waals surface area (Å²) in [4.78, 5) is 8.08. The Kier molecular flexibility index (Phi) is 6.21. The van der Waals surface area contributed by atoms with Crippen LogP contribution in [0.5, 0.6) is 5.88 Å². The standard InChI is InChI=1S/C12H22N4O2/c1-4-5-14-10-8-11(16-12(13)15-10)18-7-6-17-9(2)3/h8-9H,4-7H2,1-3H3,(H3,13,14,15,16). The molecular formula is C12H22N4O2. The van der Waals surface area contributed by atoms with E-state index < -0.39 is 0 Å². The van der Waals surface area contributed by atoms with Crippen molar-refractivity contribution in [3.8, 4) is 5.88 Å². The molecule has 0 aliphatic carbocycles. The molecule has 0 fully saturated rings. The summed E-state index contributed by atoms with van der Waals surface area (Å²) in [5.74, 6) is 1.36. The van der Waals surface area contributed by atoms with Crippen molar-refractivity contribution in [3.05, 3.63) is 6.07 Å². The van der Waals surface area contributed by atoms with Crippen LogP contribution in [0, 0.1) is 0 Å². The Morgan fingerprint density at radius 3 is 2.78 bits per heavy atom. The molecule has 0 saturated heterocycles. The summed E-state index contributed by atoms with van der Waals surface area (Å²) in [5.41, 5.74) is 5.61. The highest BCUT2D eigenvalue weighted by Gasteiger charge is 2.03. The maximum Gasteiger partial charge on any atom is 0.225 e. The molecule has 0 bridgehead atoms. The van der Waals surface area contributed by atoms with E-state index >= 15 is 0 Å². The van der Waals surface area contributed by atoms with Gasteiger partial charge in [0.15, 0.2) is 0 Å². The first-order chi connectivity index (χ1) is 8.61. The van der Waals surface area contributed by atoms with Crippen molar-refractivity contribution >= 4 is 11.8 Å². The lowest BCUT2D eigenvalue weighted by molar-refractivity contribution is 0.0543. The van der Waals surface area contributed by atoms with Crippen LogP contribution in [-0.4, -0.2) is 35.8 Å². The molecule has 0 saturated carbocycles. The van der Waals surface area contributed by atoms with Crippen LogP contribution in [-0.2, 0) is 4.74 Å². The van der Waals surface area contributed by atoms with Crippen molar-refractivity contribution in [3.63, 3.8) is 0 Å². The smallest absolute Gasteiger partial charge is 0.225 e. The predicted octanol–water partition coefficient (Wildman–Crippen LogP) is 1.68. The van der Waals surface area contributed by atoms with Crippen molar-refractivity contribution in [1.29, 1.82) is 0 Å². The Morgan fingerprint density at radius 2 is 2.11 bits per heavy atom. The Hall–Kier alpha value is -1.56. The summed E-state index contributed by atoms with van der Waals surface area (Å²) < 4.78 is 10.8. The number of ether oxygens (including phenoxy) is 2. The molecular weight excluding hydrogens is 232 g/mol. The van der Waals surface area contributed by atoms with Gasteiger partial charge < -0.3 is 20.5 Å². The third kappa shape index (κ3) is 5.67. The molecule has 0 aliphatic rings. The molecule has 1 rings (SSSR count). The van der Waals surface area contributed by atoms with E-state index in [9.17, 15) is 0 Å². The van der Waals surface area contributed by atoms with E-state index in [0.29, 0.717) is 24.9 Å². The molecule has 102 valence electrons. The van der Waals surface area contributed by atoms with Gasteiger partial charge in [-0.15, -0.1) is 0 Å². The molecule has 1 aromatic rings. The highest BCUT2D eigenvalue weighted by molar-refractivity contribution is 5.42. The molecule has 6 heteroatoms. The van der Waals surface area contributed by atoms with E-state index in [-0.39, 0.29) is 12.1 Å². The van der Waals surface area contributed by atoms with Crippen molar-refractivity contribution in [2.45, 2.75) is 33.3 Å². The second kappa shape index (κ2) is 7.71. The number of nitrogen functional groups attached to an aromatic ring is 1. The summed E-state index contributed by atoms with van der Waals surface area (Å²) in [6, 6.07) is 1.74. The van der Waals surface area contributed by atoms with Crippen molar-refractivity contribution < 1.29 is 9.47 Å². The molecule has 0 radical (unpaired) electrons. The lowest BCUT2D eigenvalue weighted by Gasteiger charge is -2.10. The third-order valence-corrected chi connectivity index (χ3v) is 2.06. The molecule has 0 spiro atoms. The van der Waals surface area contributed by atoms with Gasteiger partial charge in [0.05, 0.1) is 12.7 Å². The first kappa shape index (κ1) is 14.5. The van der Waals surface area contributed by atoms with Crippen molar-refractivity contribution in [2.24, 2.45) is 0 Å². The summed E-state index contributed by atoms with van der Waals surface area (Å²) in [6.07, 6.45) is 1.22. The van der Waals surface area contributed by atoms with E-state index in [1.54, 1.807) is 6.07 Å². The number of anilines is 2. The Balaban J connectivity index is 2.46. The van der Waals surface area contributed by atoms with Crippen LogP contribution in [0.3, 0.4) is 0 Å². The van der Waals surface area contributed by atoms with Gasteiger partial charge in [-0.25, -0.2) is 0 Å². The maximum absolute atomic E-state index is 5.61. The van der Waals surface area contributed by atoms with Crippen LogP contribution in [0.4, 0.5) is 11.8 Å². The van der Waals surface area contributed by atoms with Gasteiger partial charge in [0.1, 0.15) is 12.4 Å². The minimum Gasteiger partial charge on any atom is -0.475 e. The molecule has 3 N–H and O–H groups in total. The van der Waals surface area contributed by atoms with Gasteiger partial charge in [-0.3, -0.25) is 0 Å². The first-order valence-electron chi connectivity index (χ1n) is 6.24. The lowest BCUT2D eigenvalue weighted by atomic mass is 10.4. The topological polar surface area (TPSA) is 82.3 Å². The normalized spacial score (nSPS) is 10.7. The van der Waals surface area contributed by atoms with Gasteiger partial charge in [0.25, 0.3) is 0 Å². The molecule has 1 heterocycles. The largest absolute Gasteiger partial charge is 0.475 e. The Labute approximate surface area is 108 Å². The fourth-order valence-corrected chi connectivity index (χ4v) is 1.29. The number of aromatic nitrogens is 2. The van der Waals surface area contributed by atoms with Crippen LogP contribution in [0.2, 0.25) is 0 Å². The van der Waals surface area contributed by atoms with Gasteiger partial charge in [-0.05, 0) is 20.3 Å². The summed E-state index contributed by atoms with van der Waals surface area (Å²) in [7, 11) is 0. The molecule has 6 nitrogen and oxygen atoms in total. The minimum atomic E-state index is 0.200. The van der Waals surface area contributed by atoms with Gasteiger partial charge in [-0.2, -0.15) is 9.97 Å². The van der Waals surface area contributed by atoms with Gasteiger partial charge in [-0.1, -0.05) is 6.92 Å². The zero-order chi connectivity index (χ0) is 13.4. The molecule has 0 aliphatic heterocycles. The van der Waals surface area contributed by atoms with Gasteiger partial charge in [0, 0.05) is 12.6 Å². The zero-order valence-electron chi connectivity index (χ0n) is 11.3. The number of nitrogens with one attached hydrogen (secondary N) is 1. The highest BCUT2D eigenvalue weighted by Crippen LogP contribution is 2.14. The van der Waals surface area contributed by atoms with Crippen LogP contribution in [0.1, 0.15) is 27.2 Å². The Bertz CT molecular complexity index is 358. The van der Waals surface area contributed by atoms with Crippen LogP contribution in [0.15, 0.2) is 6.07 Å². The quantitative estimate of drug-likeness (QED) is 0.687. The molecule has 0 atom stereocenters. The second-order valence-electron chi connectivity index (χ2n) is 4.14. The Morgan fingerprint density at radius 1 is 1.33 bits per heavy atom. The van der Waals surface area contributed by atoms with Crippen molar-refractivity contribution in [1.82, 2.24) is 9.97 Å². The number of hydrogen-bond donors (Lipinski definition) is 2. The highest BCUT2D eigenvalue weighted by atomic mass is 16.5. The SMILES string of the molecule is CCCNc1cc(OCCOC(C)C)nc(N)n1. The van der Waals surface area contributed by atoms with E-state index in [0.717, 1.165) is 13.0 Å². The molecule has 0 unspecified atom stereocenters. The van der Waals surface area contributed by atoms with Crippen LogP contribution < -0.4 is 15.8 Å². The average Bonchev–Trinajstić information content (AvgIpc) is 2.31. The average molecular weight is 254 g/mol. The van der Waals surface area contributed by atoms with Crippen LogP contribution in [0.25, 0.3) is 0 Å². The van der Waals surface area contributed by atoms with E-state index in [1.165, 1.54) is 0 Å². The number of nitrogens with two attached hydrogens (primary N) is 1. The number of nitrogens with zero attached hydrogens (tertiary/aromatic N) is 2. The number of hydrogen-bond acceptors (Lipinski definition) is 6. The summed E-state index contributed by atoms with van der Waals surface area (Å²) >= 11 is 0. The number of rotatable bonds is 8. The molecule has 0 aromatic carbocycles. The predicted molar refractivity (Wildman–Crippen MR) is 71.8 cm³/mol. The summed E-state index contributed by atoms with van der Waals surface area (Å²) in [6.45, 7) is 7.86. The minimum absolute atomic E-state index is 0.200. The third-order valence-electron chi connectivity index (χ3n) is 2.06. The van der Waals surface area contributed by atoms with Gasteiger partial charge in [0.2, 0.25) is 11.8 Å². The van der Waals surface area contributed by atoms with Crippen molar-refractivity contribution in [2.75, 3.05) is 30.8 Å².